The van der Waals surface area contributed by atoms with E-state index in [-0.39, 0.29) is 22.8 Å². The zero-order valence-corrected chi connectivity index (χ0v) is 11.9. The summed E-state index contributed by atoms with van der Waals surface area (Å²) in [5.74, 6) is 0.371. The second-order valence-corrected chi connectivity index (χ2v) is 4.43. The summed E-state index contributed by atoms with van der Waals surface area (Å²) in [5.41, 5.74) is -0.536. The van der Waals surface area contributed by atoms with Gasteiger partial charge in [0, 0.05) is 11.6 Å². The summed E-state index contributed by atoms with van der Waals surface area (Å²) < 4.78 is 14.8. The Morgan fingerprint density at radius 3 is 2.68 bits per heavy atom. The summed E-state index contributed by atoms with van der Waals surface area (Å²) in [4.78, 5) is 5.93. The van der Waals surface area contributed by atoms with E-state index in [0.29, 0.717) is 18.1 Å². The number of aliphatic hydroxyl groups is 1. The Morgan fingerprint density at radius 2 is 2.05 bits per heavy atom. The maximum absolute atomic E-state index is 12.9. The van der Waals surface area contributed by atoms with Gasteiger partial charge in [-0.3, -0.25) is 0 Å². The number of hydrogen-bond acceptors (Lipinski definition) is 3. The second-order valence-electron chi connectivity index (χ2n) is 4.43. The maximum atomic E-state index is 12.9. The van der Waals surface area contributed by atoms with Gasteiger partial charge in [-0.15, -0.1) is 0 Å². The van der Waals surface area contributed by atoms with Gasteiger partial charge in [-0.2, -0.15) is 0 Å². The lowest BCUT2D eigenvalue weighted by Crippen LogP contribution is -3.00. The molecular weight excluding hydrogens is 313 g/mol. The molecule has 1 aromatic carbocycles. The molecule has 0 amide bonds. The van der Waals surface area contributed by atoms with Crippen LogP contribution in [0.5, 0.6) is 0 Å². The fourth-order valence-corrected chi connectivity index (χ4v) is 2.31. The topological polar surface area (TPSA) is 40.2 Å². The van der Waals surface area contributed by atoms with Crippen LogP contribution in [0.3, 0.4) is 0 Å². The van der Waals surface area contributed by atoms with Gasteiger partial charge in [0.15, 0.2) is 0 Å². The molecule has 1 atom stereocenters. The van der Waals surface area contributed by atoms with E-state index in [4.69, 9.17) is 0 Å². The standard InChI is InChI=1S/C13H13FN3O.BrH/c1-16-12-15-7-2-8-17(12)9-13(16,18)10-3-5-11(14)6-4-10;/h2-8,18H,9H2,1H3;1H/q+1;/p-1/t13-;/m1./s1. The molecule has 0 radical (unpaired) electrons. The van der Waals surface area contributed by atoms with Crippen molar-refractivity contribution < 1.29 is 31.0 Å². The molecule has 100 valence electrons. The minimum Gasteiger partial charge on any atom is -1.00 e. The zero-order chi connectivity index (χ0) is 12.8. The SMILES string of the molecule is CN1c2nccc[n+]2C[C@@]1(O)c1ccc(F)cc1.[Br-]. The third-order valence-corrected chi connectivity index (χ3v) is 3.35. The minimum atomic E-state index is -1.19. The van der Waals surface area contributed by atoms with Crippen molar-refractivity contribution in [3.63, 3.8) is 0 Å². The van der Waals surface area contributed by atoms with Gasteiger partial charge < -0.3 is 22.1 Å². The summed E-state index contributed by atoms with van der Waals surface area (Å²) in [6, 6.07) is 7.70. The van der Waals surface area contributed by atoms with Crippen LogP contribution in [0.15, 0.2) is 42.7 Å². The molecule has 0 aliphatic carbocycles. The van der Waals surface area contributed by atoms with Gasteiger partial charge in [-0.1, -0.05) is 4.98 Å². The van der Waals surface area contributed by atoms with Crippen molar-refractivity contribution in [3.8, 4) is 0 Å². The van der Waals surface area contributed by atoms with Gasteiger partial charge in [0.25, 0.3) is 0 Å². The van der Waals surface area contributed by atoms with Crippen LogP contribution in [-0.2, 0) is 12.3 Å². The summed E-state index contributed by atoms with van der Waals surface area (Å²) in [5, 5.41) is 10.8. The van der Waals surface area contributed by atoms with Crippen LogP contribution in [0, 0.1) is 5.82 Å². The number of benzene rings is 1. The number of halogens is 2. The maximum Gasteiger partial charge on any atom is 0.396 e. The average molecular weight is 326 g/mol. The summed E-state index contributed by atoms with van der Waals surface area (Å²) in [6.07, 6.45) is 3.54. The van der Waals surface area contributed by atoms with Gasteiger partial charge in [-0.05, 0) is 24.3 Å². The highest BCUT2D eigenvalue weighted by Gasteiger charge is 2.49. The Hall–Kier alpha value is -1.53. The monoisotopic (exact) mass is 325 g/mol. The highest BCUT2D eigenvalue weighted by atomic mass is 79.9. The van der Waals surface area contributed by atoms with Crippen LogP contribution in [0.2, 0.25) is 0 Å². The van der Waals surface area contributed by atoms with Crippen LogP contribution in [0.25, 0.3) is 0 Å². The fraction of sp³-hybridized carbons (Fsp3) is 0.231. The summed E-state index contributed by atoms with van der Waals surface area (Å²) in [6.45, 7) is 0.373. The third-order valence-electron chi connectivity index (χ3n) is 3.35. The molecular formula is C13H13BrFN3O. The predicted molar refractivity (Wildman–Crippen MR) is 63.1 cm³/mol. The zero-order valence-electron chi connectivity index (χ0n) is 10.3. The van der Waals surface area contributed by atoms with E-state index in [1.807, 2.05) is 16.8 Å². The van der Waals surface area contributed by atoms with Crippen LogP contribution in [-0.4, -0.2) is 17.1 Å². The Labute approximate surface area is 120 Å². The molecule has 0 spiro atoms. The van der Waals surface area contributed by atoms with Crippen molar-refractivity contribution in [3.05, 3.63) is 54.1 Å². The quantitative estimate of drug-likeness (QED) is 0.605. The van der Waals surface area contributed by atoms with Gasteiger partial charge in [-0.25, -0.2) is 13.9 Å². The van der Waals surface area contributed by atoms with Crippen LogP contribution in [0.1, 0.15) is 5.56 Å². The first kappa shape index (κ1) is 13.9. The van der Waals surface area contributed by atoms with Gasteiger partial charge in [0.2, 0.25) is 5.72 Å². The largest absolute Gasteiger partial charge is 1.00 e. The number of nitrogens with zero attached hydrogens (tertiary/aromatic N) is 3. The highest BCUT2D eigenvalue weighted by Crippen LogP contribution is 2.31. The van der Waals surface area contributed by atoms with E-state index in [2.05, 4.69) is 4.98 Å². The Balaban J connectivity index is 0.00000133. The van der Waals surface area contributed by atoms with Crippen molar-refractivity contribution in [1.82, 2.24) is 4.98 Å². The second kappa shape index (κ2) is 4.86. The van der Waals surface area contributed by atoms with Crippen molar-refractivity contribution in [2.24, 2.45) is 0 Å². The van der Waals surface area contributed by atoms with E-state index in [1.54, 1.807) is 30.3 Å². The molecule has 1 aliphatic heterocycles. The van der Waals surface area contributed by atoms with E-state index in [0.717, 1.165) is 0 Å². The lowest BCUT2D eigenvalue weighted by atomic mass is 10.0. The average Bonchev–Trinajstić information content (AvgIpc) is 2.64. The number of aromatic nitrogens is 2. The van der Waals surface area contributed by atoms with Crippen LogP contribution >= 0.6 is 0 Å². The number of hydrogen-bond donors (Lipinski definition) is 1. The fourth-order valence-electron chi connectivity index (χ4n) is 2.31. The van der Waals surface area contributed by atoms with E-state index in [1.165, 1.54) is 12.1 Å². The van der Waals surface area contributed by atoms with E-state index >= 15 is 0 Å². The number of anilines is 1. The highest BCUT2D eigenvalue weighted by molar-refractivity contribution is 5.36. The third kappa shape index (κ3) is 2.11. The molecule has 0 fully saturated rings. The van der Waals surface area contributed by atoms with Gasteiger partial charge in [0.1, 0.15) is 18.6 Å². The van der Waals surface area contributed by atoms with Gasteiger partial charge in [0.05, 0.1) is 13.2 Å². The molecule has 0 saturated carbocycles. The summed E-state index contributed by atoms with van der Waals surface area (Å²) in [7, 11) is 1.77. The Morgan fingerprint density at radius 1 is 1.37 bits per heavy atom. The smallest absolute Gasteiger partial charge is 0.396 e. The molecule has 3 rings (SSSR count). The van der Waals surface area contributed by atoms with Crippen LogP contribution < -0.4 is 26.4 Å². The Kier molecular flexibility index (Phi) is 3.56. The van der Waals surface area contributed by atoms with Crippen molar-refractivity contribution in [2.75, 3.05) is 11.9 Å². The minimum absolute atomic E-state index is 0. The first-order valence-electron chi connectivity index (χ1n) is 5.68. The number of likely N-dealkylation sites (N-methyl/N-ethyl adjacent to an activating group) is 1. The lowest BCUT2D eigenvalue weighted by molar-refractivity contribution is -0.685. The first-order valence-corrected chi connectivity index (χ1v) is 5.68. The Bertz CT molecular complexity index is 593. The molecule has 0 saturated heterocycles. The normalized spacial score (nSPS) is 20.9. The predicted octanol–water partition coefficient (Wildman–Crippen LogP) is -2.19. The molecule has 19 heavy (non-hydrogen) atoms. The molecule has 1 aromatic heterocycles. The molecule has 0 bridgehead atoms. The molecule has 1 aliphatic rings. The first-order chi connectivity index (χ1) is 8.61. The molecule has 2 aromatic rings. The number of rotatable bonds is 1. The van der Waals surface area contributed by atoms with Crippen molar-refractivity contribution in [1.29, 1.82) is 0 Å². The lowest BCUT2D eigenvalue weighted by Gasteiger charge is -2.25. The molecule has 6 heteroatoms. The van der Waals surface area contributed by atoms with E-state index < -0.39 is 5.72 Å². The molecule has 0 unspecified atom stereocenters. The molecule has 4 nitrogen and oxygen atoms in total. The molecule has 1 N–H and O–H groups in total. The van der Waals surface area contributed by atoms with Gasteiger partial charge >= 0.3 is 5.95 Å². The van der Waals surface area contributed by atoms with E-state index in [9.17, 15) is 9.50 Å². The summed E-state index contributed by atoms with van der Waals surface area (Å²) >= 11 is 0. The van der Waals surface area contributed by atoms with Crippen molar-refractivity contribution >= 4 is 5.95 Å². The number of fused-ring (bicyclic) bond motifs is 1. The van der Waals surface area contributed by atoms with Crippen LogP contribution in [0.4, 0.5) is 10.3 Å². The van der Waals surface area contributed by atoms with Crippen molar-refractivity contribution in [2.45, 2.75) is 12.3 Å². The molecule has 2 heterocycles.